The Kier molecular flexibility index (Phi) is 5.79. The first-order chi connectivity index (χ1) is 8.95. The van der Waals surface area contributed by atoms with Crippen molar-refractivity contribution >= 4 is 17.3 Å². The minimum absolute atomic E-state index is 0.0394. The Morgan fingerprint density at radius 1 is 1.32 bits per heavy atom. The van der Waals surface area contributed by atoms with E-state index in [-0.39, 0.29) is 24.6 Å². The van der Waals surface area contributed by atoms with Crippen molar-refractivity contribution < 1.29 is 9.90 Å². The highest BCUT2D eigenvalue weighted by Gasteiger charge is 2.23. The predicted molar refractivity (Wildman–Crippen MR) is 77.9 cm³/mol. The first kappa shape index (κ1) is 15.5. The largest absolute Gasteiger partial charge is 0.399 e. The number of benzene rings is 1. The molecule has 106 valence electrons. The summed E-state index contributed by atoms with van der Waals surface area (Å²) in [6, 6.07) is 6.92. The summed E-state index contributed by atoms with van der Waals surface area (Å²) in [6.45, 7) is 6.36. The molecule has 1 aromatic rings. The summed E-state index contributed by atoms with van der Waals surface area (Å²) in [5, 5.41) is 11.9. The standard InChI is InChI=1S/C14H23N3O2/c1-10(2)17(8-9-18)11(3)14(19)16-13-6-4-12(15)5-7-13/h4-7,10-11,18H,8-9,15H2,1-3H3,(H,16,19). The summed E-state index contributed by atoms with van der Waals surface area (Å²) in [4.78, 5) is 14.1. The molecule has 0 bridgehead atoms. The van der Waals surface area contributed by atoms with E-state index in [0.29, 0.717) is 12.2 Å². The van der Waals surface area contributed by atoms with Crippen LogP contribution in [0.3, 0.4) is 0 Å². The number of aliphatic hydroxyl groups is 1. The van der Waals surface area contributed by atoms with Gasteiger partial charge in [0.25, 0.3) is 0 Å². The van der Waals surface area contributed by atoms with E-state index in [2.05, 4.69) is 5.32 Å². The Morgan fingerprint density at radius 2 is 1.89 bits per heavy atom. The molecule has 1 amide bonds. The van der Waals surface area contributed by atoms with E-state index in [1.165, 1.54) is 0 Å². The topological polar surface area (TPSA) is 78.6 Å². The molecule has 0 radical (unpaired) electrons. The molecule has 5 heteroatoms. The van der Waals surface area contributed by atoms with Gasteiger partial charge in [0.2, 0.25) is 5.91 Å². The predicted octanol–water partition coefficient (Wildman–Crippen LogP) is 1.30. The minimum Gasteiger partial charge on any atom is -0.399 e. The minimum atomic E-state index is -0.301. The lowest BCUT2D eigenvalue weighted by molar-refractivity contribution is -0.121. The Morgan fingerprint density at radius 3 is 2.37 bits per heavy atom. The molecule has 0 fully saturated rings. The molecule has 19 heavy (non-hydrogen) atoms. The maximum Gasteiger partial charge on any atom is 0.241 e. The number of anilines is 2. The Balaban J connectivity index is 2.67. The highest BCUT2D eigenvalue weighted by molar-refractivity contribution is 5.94. The number of carbonyl (C=O) groups excluding carboxylic acids is 1. The first-order valence-electron chi connectivity index (χ1n) is 6.48. The maximum atomic E-state index is 12.2. The second-order valence-corrected chi connectivity index (χ2v) is 4.84. The molecule has 1 unspecified atom stereocenters. The summed E-state index contributed by atoms with van der Waals surface area (Å²) >= 11 is 0. The van der Waals surface area contributed by atoms with Gasteiger partial charge in [0.15, 0.2) is 0 Å². The van der Waals surface area contributed by atoms with Gasteiger partial charge in [-0.25, -0.2) is 0 Å². The Hall–Kier alpha value is -1.59. The molecular formula is C14H23N3O2. The van der Waals surface area contributed by atoms with Crippen molar-refractivity contribution in [2.45, 2.75) is 32.9 Å². The summed E-state index contributed by atoms with van der Waals surface area (Å²) in [6.07, 6.45) is 0. The fourth-order valence-electron chi connectivity index (χ4n) is 1.98. The second-order valence-electron chi connectivity index (χ2n) is 4.84. The van der Waals surface area contributed by atoms with Crippen LogP contribution in [0.5, 0.6) is 0 Å². The molecule has 0 saturated heterocycles. The lowest BCUT2D eigenvalue weighted by Crippen LogP contribution is -2.47. The van der Waals surface area contributed by atoms with E-state index in [4.69, 9.17) is 10.8 Å². The quantitative estimate of drug-likeness (QED) is 0.677. The number of nitrogens with one attached hydrogen (secondary N) is 1. The van der Waals surface area contributed by atoms with Crippen molar-refractivity contribution in [1.29, 1.82) is 0 Å². The number of aliphatic hydroxyl groups excluding tert-OH is 1. The molecule has 1 rings (SSSR count). The van der Waals surface area contributed by atoms with Crippen LogP contribution in [0.4, 0.5) is 11.4 Å². The van der Waals surface area contributed by atoms with Crippen molar-refractivity contribution in [3.63, 3.8) is 0 Å². The number of nitrogens with two attached hydrogens (primary N) is 1. The number of carbonyl (C=O) groups is 1. The van der Waals surface area contributed by atoms with E-state index in [9.17, 15) is 4.79 Å². The SMILES string of the molecule is CC(C)N(CCO)C(C)C(=O)Nc1ccc(N)cc1. The molecule has 5 nitrogen and oxygen atoms in total. The normalized spacial score (nSPS) is 12.7. The molecular weight excluding hydrogens is 242 g/mol. The molecule has 0 aromatic heterocycles. The van der Waals surface area contributed by atoms with Gasteiger partial charge < -0.3 is 16.2 Å². The number of rotatable bonds is 6. The molecule has 1 atom stereocenters. The van der Waals surface area contributed by atoms with Gasteiger partial charge in [-0.15, -0.1) is 0 Å². The number of hydrogen-bond acceptors (Lipinski definition) is 4. The van der Waals surface area contributed by atoms with E-state index in [1.54, 1.807) is 24.3 Å². The second kappa shape index (κ2) is 7.11. The number of nitrogen functional groups attached to an aromatic ring is 1. The third kappa shape index (κ3) is 4.54. The van der Waals surface area contributed by atoms with Gasteiger partial charge in [0.1, 0.15) is 0 Å². The average Bonchev–Trinajstić information content (AvgIpc) is 2.37. The smallest absolute Gasteiger partial charge is 0.241 e. The van der Waals surface area contributed by atoms with Crippen molar-refractivity contribution in [2.75, 3.05) is 24.2 Å². The van der Waals surface area contributed by atoms with Gasteiger partial charge in [-0.1, -0.05) is 0 Å². The van der Waals surface area contributed by atoms with Crippen LogP contribution in [-0.4, -0.2) is 41.1 Å². The van der Waals surface area contributed by atoms with E-state index >= 15 is 0 Å². The number of nitrogens with zero attached hydrogens (tertiary/aromatic N) is 1. The van der Waals surface area contributed by atoms with Gasteiger partial charge in [-0.05, 0) is 45.0 Å². The van der Waals surface area contributed by atoms with Gasteiger partial charge in [0.05, 0.1) is 12.6 Å². The molecule has 4 N–H and O–H groups in total. The van der Waals surface area contributed by atoms with Crippen LogP contribution in [0.15, 0.2) is 24.3 Å². The third-order valence-corrected chi connectivity index (χ3v) is 3.08. The summed E-state index contributed by atoms with van der Waals surface area (Å²) in [7, 11) is 0. The van der Waals surface area contributed by atoms with Crippen molar-refractivity contribution in [3.8, 4) is 0 Å². The highest BCUT2D eigenvalue weighted by atomic mass is 16.3. The summed E-state index contributed by atoms with van der Waals surface area (Å²) in [5.41, 5.74) is 6.98. The van der Waals surface area contributed by atoms with Crippen LogP contribution in [0, 0.1) is 0 Å². The molecule has 0 aliphatic rings. The van der Waals surface area contributed by atoms with Gasteiger partial charge >= 0.3 is 0 Å². The van der Waals surface area contributed by atoms with Crippen molar-refractivity contribution in [1.82, 2.24) is 4.90 Å². The fourth-order valence-corrected chi connectivity index (χ4v) is 1.98. The maximum absolute atomic E-state index is 12.2. The number of amides is 1. The van der Waals surface area contributed by atoms with Gasteiger partial charge in [0, 0.05) is 24.0 Å². The molecule has 0 aliphatic heterocycles. The zero-order chi connectivity index (χ0) is 14.4. The summed E-state index contributed by atoms with van der Waals surface area (Å²) in [5.74, 6) is -0.0908. The first-order valence-corrected chi connectivity index (χ1v) is 6.48. The van der Waals surface area contributed by atoms with Crippen LogP contribution in [0.1, 0.15) is 20.8 Å². The Bertz CT molecular complexity index is 404. The zero-order valence-electron chi connectivity index (χ0n) is 11.8. The molecule has 0 heterocycles. The van der Waals surface area contributed by atoms with Crippen LogP contribution in [0.25, 0.3) is 0 Å². The van der Waals surface area contributed by atoms with Crippen molar-refractivity contribution in [3.05, 3.63) is 24.3 Å². The van der Waals surface area contributed by atoms with Gasteiger partial charge in [-0.3, -0.25) is 9.69 Å². The molecule has 0 aliphatic carbocycles. The molecule has 1 aromatic carbocycles. The van der Waals surface area contributed by atoms with Crippen LogP contribution < -0.4 is 11.1 Å². The van der Waals surface area contributed by atoms with Crippen LogP contribution >= 0.6 is 0 Å². The molecule has 0 saturated carbocycles. The lowest BCUT2D eigenvalue weighted by Gasteiger charge is -2.31. The van der Waals surface area contributed by atoms with Crippen LogP contribution in [0.2, 0.25) is 0 Å². The lowest BCUT2D eigenvalue weighted by atomic mass is 10.2. The highest BCUT2D eigenvalue weighted by Crippen LogP contribution is 2.12. The third-order valence-electron chi connectivity index (χ3n) is 3.08. The van der Waals surface area contributed by atoms with Crippen molar-refractivity contribution in [2.24, 2.45) is 0 Å². The van der Waals surface area contributed by atoms with E-state index < -0.39 is 0 Å². The van der Waals surface area contributed by atoms with Crippen LogP contribution in [-0.2, 0) is 4.79 Å². The summed E-state index contributed by atoms with van der Waals surface area (Å²) < 4.78 is 0. The monoisotopic (exact) mass is 265 g/mol. The van der Waals surface area contributed by atoms with E-state index in [1.807, 2.05) is 25.7 Å². The Labute approximate surface area is 114 Å². The zero-order valence-corrected chi connectivity index (χ0v) is 11.8. The number of hydrogen-bond donors (Lipinski definition) is 3. The fraction of sp³-hybridized carbons (Fsp3) is 0.500. The van der Waals surface area contributed by atoms with Gasteiger partial charge in [-0.2, -0.15) is 0 Å². The average molecular weight is 265 g/mol. The van der Waals surface area contributed by atoms with E-state index in [0.717, 1.165) is 5.69 Å². The molecule has 0 spiro atoms.